The number of H-pyrrole nitrogens is 1. The van der Waals surface area contributed by atoms with E-state index < -0.39 is 0 Å². The number of nitrogens with zero attached hydrogens (tertiary/aromatic N) is 4. The number of fused-ring (bicyclic) bond motifs is 1. The lowest BCUT2D eigenvalue weighted by molar-refractivity contribution is 0.0535. The number of hydrogen-bond acceptors (Lipinski definition) is 8. The Morgan fingerprint density at radius 1 is 1.30 bits per heavy atom. The lowest BCUT2D eigenvalue weighted by Crippen LogP contribution is -1.93. The average Bonchev–Trinajstić information content (AvgIpc) is 3.29. The van der Waals surface area contributed by atoms with E-state index in [0.29, 0.717) is 23.7 Å². The number of anilines is 1. The van der Waals surface area contributed by atoms with E-state index in [1.807, 2.05) is 12.1 Å². The van der Waals surface area contributed by atoms with E-state index in [2.05, 4.69) is 31.2 Å². The van der Waals surface area contributed by atoms with Gasteiger partial charge in [-0.05, 0) is 23.4 Å². The number of nitrogens with one attached hydrogen (secondary N) is 2. The van der Waals surface area contributed by atoms with Gasteiger partial charge in [0.25, 0.3) is 5.95 Å². The fourth-order valence-corrected chi connectivity index (χ4v) is 2.21. The van der Waals surface area contributed by atoms with Gasteiger partial charge in [-0.25, -0.2) is 10.2 Å². The Morgan fingerprint density at radius 3 is 3.13 bits per heavy atom. The molecular weight excluding hydrogens is 300 g/mol. The Balaban J connectivity index is 1.53. The summed E-state index contributed by atoms with van der Waals surface area (Å²) in [6.45, 7) is 0.326. The molecule has 4 rings (SSSR count). The fourth-order valence-electron chi connectivity index (χ4n) is 2.21. The Bertz CT molecular complexity index is 884. The zero-order chi connectivity index (χ0) is 15.6. The molecule has 9 nitrogen and oxygen atoms in total. The number of furan rings is 1. The van der Waals surface area contributed by atoms with Crippen molar-refractivity contribution in [3.63, 3.8) is 0 Å². The first-order valence-corrected chi connectivity index (χ1v) is 6.72. The van der Waals surface area contributed by atoms with Crippen molar-refractivity contribution in [1.82, 2.24) is 20.6 Å². The van der Waals surface area contributed by atoms with Crippen LogP contribution in [0.2, 0.25) is 0 Å². The van der Waals surface area contributed by atoms with Gasteiger partial charge >= 0.3 is 5.97 Å². The van der Waals surface area contributed by atoms with Crippen LogP contribution in [-0.4, -0.2) is 32.8 Å². The number of benzene rings is 1. The summed E-state index contributed by atoms with van der Waals surface area (Å²) < 4.78 is 10.7. The van der Waals surface area contributed by atoms with E-state index in [9.17, 15) is 4.79 Å². The molecule has 0 saturated carbocycles. The second kappa shape index (κ2) is 5.37. The van der Waals surface area contributed by atoms with Crippen molar-refractivity contribution in [2.24, 2.45) is 5.10 Å². The monoisotopic (exact) mass is 310 g/mol. The maximum Gasteiger partial charge on any atom is 0.338 e. The molecule has 0 atom stereocenters. The van der Waals surface area contributed by atoms with Crippen molar-refractivity contribution in [2.75, 3.05) is 5.43 Å². The number of tetrazole rings is 1. The maximum atomic E-state index is 11.6. The lowest BCUT2D eigenvalue weighted by atomic mass is 10.0. The van der Waals surface area contributed by atoms with Gasteiger partial charge in [0.15, 0.2) is 0 Å². The molecule has 23 heavy (non-hydrogen) atoms. The lowest BCUT2D eigenvalue weighted by Gasteiger charge is -1.99. The van der Waals surface area contributed by atoms with Gasteiger partial charge in [0.1, 0.15) is 18.1 Å². The molecule has 1 aromatic carbocycles. The molecule has 3 aromatic rings. The number of aromatic nitrogens is 4. The van der Waals surface area contributed by atoms with Crippen LogP contribution in [0.4, 0.5) is 5.95 Å². The van der Waals surface area contributed by atoms with E-state index in [1.54, 1.807) is 18.2 Å². The standard InChI is InChI=1S/C14H10N6O3/c21-13-11-5-8(1-2-9(11)7-22-13)12-4-3-10(23-12)6-15-16-14-17-19-20-18-14/h1-6H,7H2,(H2,16,17,18,19,20). The highest BCUT2D eigenvalue weighted by Gasteiger charge is 2.21. The quantitative estimate of drug-likeness (QED) is 0.426. The largest absolute Gasteiger partial charge is 0.457 e. The molecule has 0 aliphatic carbocycles. The average molecular weight is 310 g/mol. The van der Waals surface area contributed by atoms with Gasteiger partial charge in [-0.3, -0.25) is 0 Å². The number of hydrogen-bond donors (Lipinski definition) is 2. The van der Waals surface area contributed by atoms with Crippen molar-refractivity contribution in [3.8, 4) is 11.3 Å². The number of rotatable bonds is 4. The Labute approximate surface area is 129 Å². The minimum atomic E-state index is -0.306. The summed E-state index contributed by atoms with van der Waals surface area (Å²) in [6.07, 6.45) is 1.49. The van der Waals surface area contributed by atoms with Crippen molar-refractivity contribution >= 4 is 18.1 Å². The first kappa shape index (κ1) is 13.2. The van der Waals surface area contributed by atoms with Crippen LogP contribution >= 0.6 is 0 Å². The number of aromatic amines is 1. The molecule has 0 amide bonds. The smallest absolute Gasteiger partial charge is 0.338 e. The summed E-state index contributed by atoms with van der Waals surface area (Å²) in [4.78, 5) is 11.6. The Hall–Kier alpha value is -3.49. The number of ether oxygens (including phenoxy) is 1. The van der Waals surface area contributed by atoms with Gasteiger partial charge < -0.3 is 9.15 Å². The van der Waals surface area contributed by atoms with Crippen molar-refractivity contribution < 1.29 is 13.9 Å². The maximum absolute atomic E-state index is 11.6. The molecule has 1 aliphatic heterocycles. The first-order chi connectivity index (χ1) is 11.3. The van der Waals surface area contributed by atoms with Crippen LogP contribution in [0.1, 0.15) is 21.7 Å². The molecule has 0 saturated heterocycles. The molecule has 0 unspecified atom stereocenters. The number of esters is 1. The minimum Gasteiger partial charge on any atom is -0.457 e. The van der Waals surface area contributed by atoms with Crippen LogP contribution in [0.15, 0.2) is 39.9 Å². The van der Waals surface area contributed by atoms with E-state index in [1.165, 1.54) is 6.21 Å². The van der Waals surface area contributed by atoms with Crippen LogP contribution in [-0.2, 0) is 11.3 Å². The molecule has 0 radical (unpaired) electrons. The second-order valence-corrected chi connectivity index (χ2v) is 4.76. The molecule has 114 valence electrons. The van der Waals surface area contributed by atoms with Crippen LogP contribution in [0, 0.1) is 0 Å². The fraction of sp³-hybridized carbons (Fsp3) is 0.0714. The summed E-state index contributed by atoms with van der Waals surface area (Å²) >= 11 is 0. The van der Waals surface area contributed by atoms with Gasteiger partial charge in [-0.2, -0.15) is 10.3 Å². The topological polar surface area (TPSA) is 118 Å². The molecule has 3 heterocycles. The summed E-state index contributed by atoms with van der Waals surface area (Å²) in [5, 5.41) is 17.0. The molecule has 2 N–H and O–H groups in total. The molecule has 2 aromatic heterocycles. The van der Waals surface area contributed by atoms with Gasteiger partial charge in [-0.15, -0.1) is 5.10 Å². The minimum absolute atomic E-state index is 0.255. The van der Waals surface area contributed by atoms with E-state index in [4.69, 9.17) is 9.15 Å². The third-order valence-electron chi connectivity index (χ3n) is 3.30. The predicted molar refractivity (Wildman–Crippen MR) is 78.7 cm³/mol. The predicted octanol–water partition coefficient (Wildman–Crippen LogP) is 1.58. The Morgan fingerprint density at radius 2 is 2.26 bits per heavy atom. The highest BCUT2D eigenvalue weighted by molar-refractivity contribution is 5.94. The van der Waals surface area contributed by atoms with Crippen LogP contribution in [0.25, 0.3) is 11.3 Å². The number of carbonyl (C=O) groups is 1. The zero-order valence-electron chi connectivity index (χ0n) is 11.7. The number of carbonyl (C=O) groups excluding carboxylic acids is 1. The van der Waals surface area contributed by atoms with Gasteiger partial charge in [0, 0.05) is 11.1 Å². The van der Waals surface area contributed by atoms with Crippen molar-refractivity contribution in [2.45, 2.75) is 6.61 Å². The molecule has 0 fully saturated rings. The number of cyclic esters (lactones) is 1. The molecular formula is C14H10N6O3. The summed E-state index contributed by atoms with van der Waals surface area (Å²) in [7, 11) is 0. The van der Waals surface area contributed by atoms with Gasteiger partial charge in [0.05, 0.1) is 11.8 Å². The van der Waals surface area contributed by atoms with Crippen LogP contribution < -0.4 is 5.43 Å². The number of hydrazone groups is 1. The summed E-state index contributed by atoms with van der Waals surface area (Å²) in [5.41, 5.74) is 4.86. The van der Waals surface area contributed by atoms with E-state index in [0.717, 1.165) is 11.1 Å². The van der Waals surface area contributed by atoms with Crippen LogP contribution in [0.3, 0.4) is 0 Å². The van der Waals surface area contributed by atoms with Crippen LogP contribution in [0.5, 0.6) is 0 Å². The molecule has 0 spiro atoms. The molecule has 0 bridgehead atoms. The first-order valence-electron chi connectivity index (χ1n) is 6.72. The third-order valence-corrected chi connectivity index (χ3v) is 3.30. The van der Waals surface area contributed by atoms with E-state index >= 15 is 0 Å². The Kier molecular flexibility index (Phi) is 3.08. The third kappa shape index (κ3) is 2.55. The SMILES string of the molecule is O=C1OCc2ccc(-c3ccc(C=NNc4nn[nH]n4)o3)cc21. The second-order valence-electron chi connectivity index (χ2n) is 4.76. The highest BCUT2D eigenvalue weighted by Crippen LogP contribution is 2.27. The summed E-state index contributed by atoms with van der Waals surface area (Å²) in [6, 6.07) is 9.09. The highest BCUT2D eigenvalue weighted by atomic mass is 16.5. The summed E-state index contributed by atoms with van der Waals surface area (Å²) in [5.74, 6) is 1.12. The molecule has 9 heteroatoms. The van der Waals surface area contributed by atoms with E-state index in [-0.39, 0.29) is 11.9 Å². The van der Waals surface area contributed by atoms with Gasteiger partial charge in [-0.1, -0.05) is 17.2 Å². The van der Waals surface area contributed by atoms with Crippen molar-refractivity contribution in [1.29, 1.82) is 0 Å². The molecule has 1 aliphatic rings. The van der Waals surface area contributed by atoms with Crippen molar-refractivity contribution in [3.05, 3.63) is 47.2 Å². The zero-order valence-corrected chi connectivity index (χ0v) is 11.7. The van der Waals surface area contributed by atoms with Gasteiger partial charge in [0.2, 0.25) is 0 Å². The normalized spacial score (nSPS) is 13.3.